The molecular formula is C18H45INO2P. The Labute approximate surface area is 164 Å². The van der Waals surface area contributed by atoms with E-state index in [0.29, 0.717) is 11.8 Å². The van der Waals surface area contributed by atoms with Crippen LogP contribution in [0, 0.1) is 5.41 Å². The molecule has 0 aromatic carbocycles. The largest absolute Gasteiger partial charge is 0.307 e. The van der Waals surface area contributed by atoms with Gasteiger partial charge in [-0.1, -0.05) is 62.1 Å². The molecule has 0 saturated carbocycles. The number of carbonyl (C=O) groups is 2. The Morgan fingerprint density at radius 1 is 1.00 bits per heavy atom. The smallest absolute Gasteiger partial charge is 0.129 e. The van der Waals surface area contributed by atoms with E-state index in [0.717, 1.165) is 0 Å². The van der Waals surface area contributed by atoms with E-state index >= 15 is 0 Å². The minimum Gasteiger partial charge on any atom is -0.307 e. The monoisotopic (exact) mass is 465 g/mol. The Hall–Kier alpha value is 0.460. The summed E-state index contributed by atoms with van der Waals surface area (Å²) in [6.45, 7) is 26.7. The Morgan fingerprint density at radius 2 is 1.17 bits per heavy atom. The first-order valence-electron chi connectivity index (χ1n) is 8.22. The minimum atomic E-state index is 0.255. The van der Waals surface area contributed by atoms with Crippen LogP contribution in [0.25, 0.3) is 0 Å². The van der Waals surface area contributed by atoms with Gasteiger partial charge in [-0.2, -0.15) is 0 Å². The number of carbonyl (C=O) groups excluding carboxylic acids is 2. The van der Waals surface area contributed by atoms with E-state index in [9.17, 15) is 4.79 Å². The second kappa shape index (κ2) is 27.3. The molecule has 0 aliphatic heterocycles. The average Bonchev–Trinajstić information content (AvgIpc) is 2.54. The molecule has 146 valence electrons. The second-order valence-electron chi connectivity index (χ2n) is 5.34. The number of hydrogen-bond acceptors (Lipinski definition) is 3. The van der Waals surface area contributed by atoms with Crippen LogP contribution in [0.15, 0.2) is 0 Å². The normalized spacial score (nSPS) is 8.87. The van der Waals surface area contributed by atoms with Crippen molar-refractivity contribution in [1.82, 2.24) is 3.11 Å². The van der Waals surface area contributed by atoms with Crippen LogP contribution in [0.5, 0.6) is 0 Å². The lowest BCUT2D eigenvalue weighted by Gasteiger charge is -2.42. The molecule has 3 nitrogen and oxygen atoms in total. The highest BCUT2D eigenvalue weighted by molar-refractivity contribution is 14.1. The van der Waals surface area contributed by atoms with Crippen LogP contribution < -0.4 is 0 Å². The molecule has 1 atom stereocenters. The first-order valence-corrected chi connectivity index (χ1v) is 10.3. The van der Waals surface area contributed by atoms with Gasteiger partial charge in [0.05, 0.1) is 0 Å². The number of halogens is 1. The summed E-state index contributed by atoms with van der Waals surface area (Å²) in [6.07, 6.45) is 0.667. The van der Waals surface area contributed by atoms with Crippen molar-refractivity contribution < 1.29 is 9.59 Å². The highest BCUT2D eigenvalue weighted by atomic mass is 127. The van der Waals surface area contributed by atoms with Gasteiger partial charge in [-0.25, -0.2) is 3.11 Å². The fourth-order valence-corrected chi connectivity index (χ4v) is 1.19. The number of hydrogen-bond donors (Lipinski definition) is 0. The van der Waals surface area contributed by atoms with E-state index in [1.165, 1.54) is 0 Å². The fourth-order valence-electron chi connectivity index (χ4n) is 0.462. The molecule has 0 aromatic heterocycles. The lowest BCUT2D eigenvalue weighted by molar-refractivity contribution is -0.116. The Kier molecular flexibility index (Phi) is 46.1. The molecule has 0 aromatic rings. The van der Waals surface area contributed by atoms with Crippen molar-refractivity contribution >= 4 is 44.7 Å². The van der Waals surface area contributed by atoms with Gasteiger partial charge in [0, 0.05) is 34.8 Å². The van der Waals surface area contributed by atoms with Crippen LogP contribution in [-0.2, 0) is 9.59 Å². The van der Waals surface area contributed by atoms with Crippen molar-refractivity contribution in [2.24, 2.45) is 5.41 Å². The highest BCUT2D eigenvalue weighted by Gasteiger charge is 2.35. The Morgan fingerprint density at radius 3 is 1.17 bits per heavy atom. The van der Waals surface area contributed by atoms with Gasteiger partial charge in [0.15, 0.2) is 0 Å². The molecule has 0 aliphatic rings. The van der Waals surface area contributed by atoms with E-state index in [4.69, 9.17) is 4.79 Å². The van der Waals surface area contributed by atoms with Crippen molar-refractivity contribution in [1.29, 1.82) is 0 Å². The van der Waals surface area contributed by atoms with Crippen LogP contribution >= 0.6 is 32.1 Å². The van der Waals surface area contributed by atoms with Crippen LogP contribution in [0.2, 0.25) is 0 Å². The maximum absolute atomic E-state index is 9.81. The third-order valence-electron chi connectivity index (χ3n) is 3.10. The summed E-state index contributed by atoms with van der Waals surface area (Å²) in [5.41, 5.74) is 0.594. The van der Waals surface area contributed by atoms with E-state index < -0.39 is 0 Å². The maximum atomic E-state index is 9.81. The number of ketones is 1. The summed E-state index contributed by atoms with van der Waals surface area (Å²) in [7, 11) is 4.53. The molecule has 0 N–H and O–H groups in total. The van der Waals surface area contributed by atoms with Gasteiger partial charge in [-0.3, -0.25) is 0 Å². The van der Waals surface area contributed by atoms with Crippen molar-refractivity contribution in [2.45, 2.75) is 88.1 Å². The average molecular weight is 465 g/mol. The van der Waals surface area contributed by atoms with E-state index in [-0.39, 0.29) is 11.3 Å². The fraction of sp³-hybridized carbons (Fsp3) is 0.889. The van der Waals surface area contributed by atoms with Crippen LogP contribution in [0.3, 0.4) is 0 Å². The molecule has 0 saturated heterocycles. The molecule has 0 amide bonds. The predicted molar refractivity (Wildman–Crippen MR) is 122 cm³/mol. The summed E-state index contributed by atoms with van der Waals surface area (Å²) >= 11 is 2.34. The van der Waals surface area contributed by atoms with Gasteiger partial charge >= 0.3 is 0 Å². The van der Waals surface area contributed by atoms with Gasteiger partial charge in [0.25, 0.3) is 0 Å². The SMILES string of the molecule is C=O.CC.CC.CCC(C)=O.CN(I)C(C)(C)C(C)(C)C.CP. The molecule has 0 rings (SSSR count). The number of Topliss-reactive ketones (excluding diaryl/α,β-unsaturated/α-hetero) is 1. The quantitative estimate of drug-likeness (QED) is 0.268. The number of nitrogens with zero attached hydrogens (tertiary/aromatic N) is 1. The Balaban J connectivity index is -0.0000000470. The van der Waals surface area contributed by atoms with E-state index in [1.54, 1.807) is 6.92 Å². The third-order valence-corrected chi connectivity index (χ3v) is 4.31. The molecule has 0 heterocycles. The molecule has 0 fully saturated rings. The van der Waals surface area contributed by atoms with Crippen LogP contribution in [-0.4, -0.2) is 34.9 Å². The lowest BCUT2D eigenvalue weighted by atomic mass is 9.76. The molecule has 0 radical (unpaired) electrons. The third kappa shape index (κ3) is 30.8. The van der Waals surface area contributed by atoms with Gasteiger partial charge in [-0.15, -0.1) is 9.24 Å². The lowest BCUT2D eigenvalue weighted by Crippen LogP contribution is -2.46. The zero-order chi connectivity index (χ0) is 20.9. The molecule has 1 unspecified atom stereocenters. The van der Waals surface area contributed by atoms with Crippen molar-refractivity contribution in [3.63, 3.8) is 0 Å². The molecular weight excluding hydrogens is 420 g/mol. The number of rotatable bonds is 2. The molecule has 5 heteroatoms. The van der Waals surface area contributed by atoms with E-state index in [2.05, 4.69) is 76.9 Å². The van der Waals surface area contributed by atoms with Gasteiger partial charge in [0.2, 0.25) is 0 Å². The second-order valence-corrected chi connectivity index (χ2v) is 6.79. The van der Waals surface area contributed by atoms with Gasteiger partial charge in [0.1, 0.15) is 12.6 Å². The minimum absolute atomic E-state index is 0.255. The first-order chi connectivity index (χ1) is 10.5. The highest BCUT2D eigenvalue weighted by Crippen LogP contribution is 2.35. The summed E-state index contributed by atoms with van der Waals surface area (Å²) in [6, 6.07) is 0. The molecule has 0 bridgehead atoms. The maximum Gasteiger partial charge on any atom is 0.129 e. The van der Waals surface area contributed by atoms with Crippen molar-refractivity contribution in [3.05, 3.63) is 0 Å². The Bertz CT molecular complexity index is 216. The van der Waals surface area contributed by atoms with Gasteiger partial charge < -0.3 is 9.59 Å². The summed E-state index contributed by atoms with van der Waals surface area (Å²) in [5.74, 6) is 0.255. The van der Waals surface area contributed by atoms with Crippen molar-refractivity contribution in [3.8, 4) is 0 Å². The topological polar surface area (TPSA) is 37.4 Å². The van der Waals surface area contributed by atoms with Crippen molar-refractivity contribution in [2.75, 3.05) is 13.7 Å². The summed E-state index contributed by atoms with van der Waals surface area (Å²) < 4.78 is 2.24. The zero-order valence-electron chi connectivity index (χ0n) is 18.1. The summed E-state index contributed by atoms with van der Waals surface area (Å²) in [5, 5.41) is 0. The summed E-state index contributed by atoms with van der Waals surface area (Å²) in [4.78, 5) is 17.8. The van der Waals surface area contributed by atoms with Crippen LogP contribution in [0.4, 0.5) is 0 Å². The first kappa shape index (κ1) is 38.8. The van der Waals surface area contributed by atoms with Gasteiger partial charge in [-0.05, 0) is 33.2 Å². The van der Waals surface area contributed by atoms with E-state index in [1.807, 2.05) is 48.1 Å². The standard InChI is InChI=1S/C8H18IN.C4H8O.2C2H6.CH2O.CH5P/c1-7(2,3)8(4,5)10(6)9;1-3-4(2)5;4*1-2/h1-6H3;3H2,1-2H3;2*1-2H3;1H2;2H2,1H3. The predicted octanol–water partition coefficient (Wildman–Crippen LogP) is 6.44. The molecule has 0 aliphatic carbocycles. The zero-order valence-corrected chi connectivity index (χ0v) is 21.4. The molecule has 23 heavy (non-hydrogen) atoms. The molecule has 0 spiro atoms. The van der Waals surface area contributed by atoms with Crippen LogP contribution in [0.1, 0.15) is 82.6 Å².